The van der Waals surface area contributed by atoms with E-state index < -0.39 is 5.91 Å². The van der Waals surface area contributed by atoms with Gasteiger partial charge in [0.05, 0.1) is 5.52 Å². The van der Waals surface area contributed by atoms with Crippen LogP contribution in [0.15, 0.2) is 89.1 Å². The van der Waals surface area contributed by atoms with Crippen molar-refractivity contribution in [3.8, 4) is 17.0 Å². The number of aromatic nitrogens is 2. The Kier molecular flexibility index (Phi) is 3.95. The van der Waals surface area contributed by atoms with Crippen molar-refractivity contribution in [1.29, 1.82) is 0 Å². The van der Waals surface area contributed by atoms with Crippen LogP contribution in [0.4, 0.5) is 5.69 Å². The van der Waals surface area contributed by atoms with E-state index in [-0.39, 0.29) is 11.6 Å². The Morgan fingerprint density at radius 1 is 0.759 bits per heavy atom. The van der Waals surface area contributed by atoms with Gasteiger partial charge in [-0.2, -0.15) is 0 Å². The van der Waals surface area contributed by atoms with Crippen LogP contribution in [0.2, 0.25) is 0 Å². The van der Waals surface area contributed by atoms with Crippen molar-refractivity contribution < 1.29 is 9.90 Å². The normalized spacial score (nSPS) is 11.6. The van der Waals surface area contributed by atoms with Crippen LogP contribution in [0.3, 0.4) is 0 Å². The first-order chi connectivity index (χ1) is 14.2. The van der Waals surface area contributed by atoms with Gasteiger partial charge in [0.25, 0.3) is 0 Å². The highest BCUT2D eigenvalue weighted by Crippen LogP contribution is 2.36. The Hall–Kier alpha value is -4.19. The summed E-state index contributed by atoms with van der Waals surface area (Å²) in [5.41, 5.74) is 3.88. The van der Waals surface area contributed by atoms with Gasteiger partial charge in [-0.3, -0.25) is 4.79 Å². The van der Waals surface area contributed by atoms with Gasteiger partial charge in [-0.25, -0.2) is 0 Å². The van der Waals surface area contributed by atoms with Crippen LogP contribution in [0, 0.1) is 0 Å². The summed E-state index contributed by atoms with van der Waals surface area (Å²) in [6.45, 7) is 0. The average molecular weight is 380 g/mol. The summed E-state index contributed by atoms with van der Waals surface area (Å²) in [5.74, 6) is -0.632. The Balaban J connectivity index is 1.61. The number of carbonyl (C=O) groups is 1. The van der Waals surface area contributed by atoms with Gasteiger partial charge in [-0.05, 0) is 17.7 Å². The molecule has 140 valence electrons. The zero-order valence-electron chi connectivity index (χ0n) is 15.3. The number of nitrogens with zero attached hydrogens (tertiary/aromatic N) is 2. The smallest absolute Gasteiger partial charge is 0.312 e. The molecule has 0 atom stereocenters. The second-order valence-corrected chi connectivity index (χ2v) is 6.66. The van der Waals surface area contributed by atoms with Gasteiger partial charge < -0.3 is 15.1 Å². The lowest BCUT2D eigenvalue weighted by atomic mass is 10.0. The lowest BCUT2D eigenvalue weighted by Gasteiger charge is -2.02. The molecule has 5 aromatic rings. The van der Waals surface area contributed by atoms with E-state index in [2.05, 4.69) is 20.2 Å². The van der Waals surface area contributed by atoms with Crippen LogP contribution >= 0.6 is 0 Å². The topological polar surface area (TPSA) is 93.6 Å². The summed E-state index contributed by atoms with van der Waals surface area (Å²) in [6.07, 6.45) is 0. The fourth-order valence-corrected chi connectivity index (χ4v) is 3.57. The summed E-state index contributed by atoms with van der Waals surface area (Å²) in [7, 11) is 0. The van der Waals surface area contributed by atoms with Gasteiger partial charge in [0, 0.05) is 21.9 Å². The molecule has 0 saturated heterocycles. The molecule has 0 bridgehead atoms. The van der Waals surface area contributed by atoms with E-state index in [4.69, 9.17) is 0 Å². The molecule has 2 heterocycles. The third-order valence-corrected chi connectivity index (χ3v) is 4.88. The minimum absolute atomic E-state index is 0.123. The van der Waals surface area contributed by atoms with E-state index in [1.54, 1.807) is 0 Å². The molecule has 0 saturated carbocycles. The molecule has 0 unspecified atom stereocenters. The molecular weight excluding hydrogens is 364 g/mol. The van der Waals surface area contributed by atoms with Gasteiger partial charge in [-0.1, -0.05) is 66.7 Å². The molecule has 0 aliphatic rings. The summed E-state index contributed by atoms with van der Waals surface area (Å²) in [5, 5.41) is 19.7. The number of rotatable bonds is 3. The zero-order chi connectivity index (χ0) is 19.8. The summed E-state index contributed by atoms with van der Waals surface area (Å²) in [6, 6.07) is 24.7. The van der Waals surface area contributed by atoms with E-state index in [0.717, 1.165) is 27.5 Å². The standard InChI is InChI=1S/C23H16N4O2/c28-22-20(16-11-5-7-13-18(16)25-22)26-27-23(29)21-19(14-8-2-1-3-9-14)15-10-4-6-12-17(15)24-21/h1-13,24-25,28H. The minimum Gasteiger partial charge on any atom is -0.493 e. The van der Waals surface area contributed by atoms with Crippen molar-refractivity contribution in [2.75, 3.05) is 0 Å². The monoisotopic (exact) mass is 380 g/mol. The molecule has 0 spiro atoms. The van der Waals surface area contributed by atoms with Crippen LogP contribution in [-0.2, 0) is 0 Å². The third kappa shape index (κ3) is 2.87. The molecule has 1 amide bonds. The highest BCUT2D eigenvalue weighted by molar-refractivity contribution is 6.10. The Morgan fingerprint density at radius 3 is 2.14 bits per heavy atom. The van der Waals surface area contributed by atoms with Crippen molar-refractivity contribution in [2.24, 2.45) is 10.2 Å². The fraction of sp³-hybridized carbons (Fsp3) is 0. The molecule has 2 aromatic heterocycles. The van der Waals surface area contributed by atoms with Gasteiger partial charge in [0.15, 0.2) is 5.69 Å². The maximum atomic E-state index is 13.0. The number of azo groups is 1. The second-order valence-electron chi connectivity index (χ2n) is 6.66. The van der Waals surface area contributed by atoms with E-state index >= 15 is 0 Å². The average Bonchev–Trinajstić information content (AvgIpc) is 3.30. The molecule has 0 radical (unpaired) electrons. The van der Waals surface area contributed by atoms with Crippen LogP contribution in [0.5, 0.6) is 5.88 Å². The van der Waals surface area contributed by atoms with Crippen LogP contribution < -0.4 is 0 Å². The third-order valence-electron chi connectivity index (χ3n) is 4.88. The van der Waals surface area contributed by atoms with E-state index in [1.807, 2.05) is 78.9 Å². The first-order valence-electron chi connectivity index (χ1n) is 9.14. The van der Waals surface area contributed by atoms with Crippen LogP contribution in [0.1, 0.15) is 10.5 Å². The number of nitrogens with one attached hydrogen (secondary N) is 2. The zero-order valence-corrected chi connectivity index (χ0v) is 15.3. The number of aromatic hydroxyl groups is 1. The second kappa shape index (κ2) is 6.76. The minimum atomic E-state index is -0.510. The van der Waals surface area contributed by atoms with E-state index in [1.165, 1.54) is 0 Å². The van der Waals surface area contributed by atoms with Crippen molar-refractivity contribution in [3.05, 3.63) is 84.6 Å². The molecule has 29 heavy (non-hydrogen) atoms. The molecule has 3 aromatic carbocycles. The van der Waals surface area contributed by atoms with Gasteiger partial charge in [0.2, 0.25) is 5.88 Å². The van der Waals surface area contributed by atoms with E-state index in [9.17, 15) is 9.90 Å². The van der Waals surface area contributed by atoms with Gasteiger partial charge in [0.1, 0.15) is 5.69 Å². The van der Waals surface area contributed by atoms with Gasteiger partial charge >= 0.3 is 5.91 Å². The van der Waals surface area contributed by atoms with Crippen molar-refractivity contribution in [3.63, 3.8) is 0 Å². The Morgan fingerprint density at radius 2 is 1.38 bits per heavy atom. The summed E-state index contributed by atoms with van der Waals surface area (Å²) in [4.78, 5) is 19.0. The predicted octanol–water partition coefficient (Wildman–Crippen LogP) is 5.95. The number of aromatic amines is 2. The van der Waals surface area contributed by atoms with Gasteiger partial charge in [-0.15, -0.1) is 10.2 Å². The lowest BCUT2D eigenvalue weighted by Crippen LogP contribution is -1.97. The number of amides is 1. The molecular formula is C23H16N4O2. The summed E-state index contributed by atoms with van der Waals surface area (Å²) < 4.78 is 0. The molecule has 0 fully saturated rings. The highest BCUT2D eigenvalue weighted by atomic mass is 16.3. The first kappa shape index (κ1) is 16.9. The van der Waals surface area contributed by atoms with Crippen molar-refractivity contribution in [2.45, 2.75) is 0 Å². The Bertz CT molecular complexity index is 1380. The fourth-order valence-electron chi connectivity index (χ4n) is 3.57. The maximum absolute atomic E-state index is 13.0. The molecule has 0 aliphatic heterocycles. The first-order valence-corrected chi connectivity index (χ1v) is 9.14. The van der Waals surface area contributed by atoms with Crippen LogP contribution in [0.25, 0.3) is 32.9 Å². The largest absolute Gasteiger partial charge is 0.493 e. The molecule has 5 rings (SSSR count). The van der Waals surface area contributed by atoms with Crippen LogP contribution in [-0.4, -0.2) is 21.0 Å². The number of para-hydroxylation sites is 2. The lowest BCUT2D eigenvalue weighted by molar-refractivity contribution is 0.0991. The van der Waals surface area contributed by atoms with Crippen molar-refractivity contribution >= 4 is 33.4 Å². The SMILES string of the molecule is O=C(N=Nc1c(O)[nH]c2ccccc12)c1[nH]c2ccccc2c1-c1ccccc1. The number of carbonyl (C=O) groups excluding carboxylic acids is 1. The molecule has 6 nitrogen and oxygen atoms in total. The number of fused-ring (bicyclic) bond motifs is 2. The predicted molar refractivity (Wildman–Crippen MR) is 113 cm³/mol. The van der Waals surface area contributed by atoms with E-state index in [0.29, 0.717) is 11.1 Å². The quantitative estimate of drug-likeness (QED) is 0.338. The maximum Gasteiger partial charge on any atom is 0.312 e. The number of benzene rings is 3. The number of H-pyrrole nitrogens is 2. The molecule has 0 aliphatic carbocycles. The highest BCUT2D eigenvalue weighted by Gasteiger charge is 2.19. The molecule has 3 N–H and O–H groups in total. The number of hydrogen-bond donors (Lipinski definition) is 3. The number of hydrogen-bond acceptors (Lipinski definition) is 3. The molecule has 6 heteroatoms. The summed E-state index contributed by atoms with van der Waals surface area (Å²) >= 11 is 0. The van der Waals surface area contributed by atoms with Crippen molar-refractivity contribution in [1.82, 2.24) is 9.97 Å². The Labute approximate surface area is 165 Å².